The van der Waals surface area contributed by atoms with Gasteiger partial charge in [0.25, 0.3) is 0 Å². The molecular formula is C13H18O4. The van der Waals surface area contributed by atoms with Crippen molar-refractivity contribution in [2.24, 2.45) is 5.92 Å². The van der Waals surface area contributed by atoms with E-state index in [2.05, 4.69) is 0 Å². The molecule has 0 fully saturated rings. The third-order valence-corrected chi connectivity index (χ3v) is 2.56. The van der Waals surface area contributed by atoms with E-state index in [0.717, 1.165) is 6.42 Å². The minimum Gasteiger partial charge on any atom is -0.496 e. The summed E-state index contributed by atoms with van der Waals surface area (Å²) in [6.07, 6.45) is 0.750. The number of benzene rings is 1. The van der Waals surface area contributed by atoms with Gasteiger partial charge in [0.05, 0.1) is 20.1 Å². The number of carbonyl (C=O) groups excluding carboxylic acids is 1. The predicted octanol–water partition coefficient (Wildman–Crippen LogP) is 2.66. The van der Waals surface area contributed by atoms with E-state index in [4.69, 9.17) is 14.2 Å². The van der Waals surface area contributed by atoms with Crippen molar-refractivity contribution in [3.05, 3.63) is 18.2 Å². The quantitative estimate of drug-likeness (QED) is 0.584. The second kappa shape index (κ2) is 6.13. The molecule has 0 radical (unpaired) electrons. The number of hydrogen-bond acceptors (Lipinski definition) is 4. The Balaban J connectivity index is 2.86. The molecule has 0 aliphatic heterocycles. The normalized spacial score (nSPS) is 11.8. The number of rotatable bonds is 5. The average molecular weight is 238 g/mol. The zero-order valence-corrected chi connectivity index (χ0v) is 10.6. The van der Waals surface area contributed by atoms with Crippen molar-refractivity contribution in [2.75, 3.05) is 14.2 Å². The van der Waals surface area contributed by atoms with Crippen LogP contribution < -0.4 is 14.2 Å². The Hall–Kier alpha value is -1.71. The van der Waals surface area contributed by atoms with Gasteiger partial charge in [-0.05, 0) is 6.42 Å². The number of carbonyl (C=O) groups is 1. The van der Waals surface area contributed by atoms with Gasteiger partial charge in [-0.25, -0.2) is 0 Å². The van der Waals surface area contributed by atoms with Crippen LogP contribution in [0.3, 0.4) is 0 Å². The maximum Gasteiger partial charge on any atom is 0.314 e. The fraction of sp³-hybridized carbons (Fsp3) is 0.462. The van der Waals surface area contributed by atoms with Gasteiger partial charge in [0.2, 0.25) is 0 Å². The molecule has 0 saturated heterocycles. The van der Waals surface area contributed by atoms with Crippen LogP contribution in [0.25, 0.3) is 0 Å². The molecule has 0 aromatic heterocycles. The molecule has 0 spiro atoms. The molecule has 0 aliphatic carbocycles. The minimum atomic E-state index is -0.247. The standard InChI is InChI=1S/C13H18O4/c1-5-9(2)13(14)17-12-7-10(15-3)6-11(8-12)16-4/h6-9H,5H2,1-4H3. The van der Waals surface area contributed by atoms with Crippen molar-refractivity contribution in [3.63, 3.8) is 0 Å². The van der Waals surface area contributed by atoms with Crippen LogP contribution in [0.4, 0.5) is 0 Å². The van der Waals surface area contributed by atoms with Gasteiger partial charge in [-0.1, -0.05) is 13.8 Å². The molecule has 1 rings (SSSR count). The molecule has 1 unspecified atom stereocenters. The van der Waals surface area contributed by atoms with Crippen LogP contribution in [0.5, 0.6) is 17.2 Å². The maximum atomic E-state index is 11.6. The summed E-state index contributed by atoms with van der Waals surface area (Å²) in [5, 5.41) is 0. The lowest BCUT2D eigenvalue weighted by molar-refractivity contribution is -0.138. The van der Waals surface area contributed by atoms with Crippen LogP contribution >= 0.6 is 0 Å². The minimum absolute atomic E-state index is 0.118. The van der Waals surface area contributed by atoms with Gasteiger partial charge in [0, 0.05) is 18.2 Å². The van der Waals surface area contributed by atoms with E-state index in [9.17, 15) is 4.79 Å². The van der Waals surface area contributed by atoms with Crippen LogP contribution in [-0.4, -0.2) is 20.2 Å². The van der Waals surface area contributed by atoms with Crippen molar-refractivity contribution in [1.82, 2.24) is 0 Å². The zero-order chi connectivity index (χ0) is 12.8. The second-order valence-electron chi connectivity index (χ2n) is 3.78. The van der Waals surface area contributed by atoms with Crippen LogP contribution in [0.2, 0.25) is 0 Å². The fourth-order valence-electron chi connectivity index (χ4n) is 1.22. The van der Waals surface area contributed by atoms with Gasteiger partial charge in [0.1, 0.15) is 17.2 Å². The Bertz CT molecular complexity index is 365. The highest BCUT2D eigenvalue weighted by molar-refractivity contribution is 5.74. The molecule has 0 amide bonds. The Morgan fingerprint density at radius 1 is 1.12 bits per heavy atom. The molecule has 1 aromatic rings. The van der Waals surface area contributed by atoms with Crippen molar-refractivity contribution in [2.45, 2.75) is 20.3 Å². The van der Waals surface area contributed by atoms with Gasteiger partial charge in [-0.3, -0.25) is 4.79 Å². The van der Waals surface area contributed by atoms with Gasteiger partial charge in [-0.15, -0.1) is 0 Å². The third kappa shape index (κ3) is 3.66. The van der Waals surface area contributed by atoms with Crippen LogP contribution in [0.15, 0.2) is 18.2 Å². The summed E-state index contributed by atoms with van der Waals surface area (Å²) < 4.78 is 15.4. The number of ether oxygens (including phenoxy) is 3. The molecule has 0 N–H and O–H groups in total. The summed E-state index contributed by atoms with van der Waals surface area (Å²) in [6.45, 7) is 3.78. The Morgan fingerprint density at radius 3 is 2.00 bits per heavy atom. The van der Waals surface area contributed by atoms with E-state index in [0.29, 0.717) is 17.2 Å². The third-order valence-electron chi connectivity index (χ3n) is 2.56. The van der Waals surface area contributed by atoms with Crippen molar-refractivity contribution in [3.8, 4) is 17.2 Å². The van der Waals surface area contributed by atoms with Crippen LogP contribution in [-0.2, 0) is 4.79 Å². The lowest BCUT2D eigenvalue weighted by atomic mass is 10.1. The second-order valence-corrected chi connectivity index (χ2v) is 3.78. The van der Waals surface area contributed by atoms with Crippen LogP contribution in [0.1, 0.15) is 20.3 Å². The monoisotopic (exact) mass is 238 g/mol. The summed E-state index contributed by atoms with van der Waals surface area (Å²) >= 11 is 0. The van der Waals surface area contributed by atoms with E-state index >= 15 is 0 Å². The first-order valence-corrected chi connectivity index (χ1v) is 5.55. The van der Waals surface area contributed by atoms with Crippen molar-refractivity contribution < 1.29 is 19.0 Å². The summed E-state index contributed by atoms with van der Waals surface area (Å²) in [5.74, 6) is 1.26. The van der Waals surface area contributed by atoms with E-state index in [1.807, 2.05) is 13.8 Å². The van der Waals surface area contributed by atoms with Gasteiger partial charge < -0.3 is 14.2 Å². The molecule has 94 valence electrons. The molecule has 1 atom stereocenters. The smallest absolute Gasteiger partial charge is 0.314 e. The predicted molar refractivity (Wildman–Crippen MR) is 64.6 cm³/mol. The summed E-state index contributed by atoms with van der Waals surface area (Å²) in [6, 6.07) is 5.03. The SMILES string of the molecule is CCC(C)C(=O)Oc1cc(OC)cc(OC)c1. The maximum absolute atomic E-state index is 11.6. The summed E-state index contributed by atoms with van der Waals surface area (Å²) in [7, 11) is 3.10. The van der Waals surface area contributed by atoms with Crippen LogP contribution in [0, 0.1) is 5.92 Å². The number of hydrogen-bond donors (Lipinski definition) is 0. The molecule has 4 heteroatoms. The first-order valence-electron chi connectivity index (χ1n) is 5.55. The molecule has 17 heavy (non-hydrogen) atoms. The molecule has 4 nitrogen and oxygen atoms in total. The van der Waals surface area contributed by atoms with E-state index in [1.54, 1.807) is 32.4 Å². The van der Waals surface area contributed by atoms with Crippen molar-refractivity contribution >= 4 is 5.97 Å². The molecular weight excluding hydrogens is 220 g/mol. The lowest BCUT2D eigenvalue weighted by Crippen LogP contribution is -2.16. The summed E-state index contributed by atoms with van der Waals surface area (Å²) in [5.41, 5.74) is 0. The zero-order valence-electron chi connectivity index (χ0n) is 10.6. The largest absolute Gasteiger partial charge is 0.496 e. The molecule has 0 heterocycles. The molecule has 0 aliphatic rings. The van der Waals surface area contributed by atoms with E-state index in [1.165, 1.54) is 0 Å². The topological polar surface area (TPSA) is 44.8 Å². The molecule has 0 saturated carbocycles. The lowest BCUT2D eigenvalue weighted by Gasteiger charge is -2.11. The van der Waals surface area contributed by atoms with E-state index in [-0.39, 0.29) is 11.9 Å². The Morgan fingerprint density at radius 2 is 1.59 bits per heavy atom. The van der Waals surface area contributed by atoms with Gasteiger partial charge in [0.15, 0.2) is 0 Å². The Kier molecular flexibility index (Phi) is 4.82. The average Bonchev–Trinajstić information content (AvgIpc) is 2.36. The Labute approximate surface area is 101 Å². The van der Waals surface area contributed by atoms with E-state index < -0.39 is 0 Å². The van der Waals surface area contributed by atoms with Gasteiger partial charge >= 0.3 is 5.97 Å². The number of methoxy groups -OCH3 is 2. The molecule has 0 bridgehead atoms. The number of esters is 1. The highest BCUT2D eigenvalue weighted by atomic mass is 16.5. The first kappa shape index (κ1) is 13.4. The highest BCUT2D eigenvalue weighted by Crippen LogP contribution is 2.28. The highest BCUT2D eigenvalue weighted by Gasteiger charge is 2.14. The van der Waals surface area contributed by atoms with Crippen molar-refractivity contribution in [1.29, 1.82) is 0 Å². The van der Waals surface area contributed by atoms with Gasteiger partial charge in [-0.2, -0.15) is 0 Å². The molecule has 1 aromatic carbocycles. The summed E-state index contributed by atoms with van der Waals surface area (Å²) in [4.78, 5) is 11.6. The first-order chi connectivity index (χ1) is 8.10. The fourth-order valence-corrected chi connectivity index (χ4v) is 1.22.